The number of nitrogens with one attached hydrogen (secondary N) is 4. The lowest BCUT2D eigenvalue weighted by Crippen LogP contribution is -2.40. The third-order valence-electron chi connectivity index (χ3n) is 15.8. The van der Waals surface area contributed by atoms with Crippen LogP contribution < -0.4 is 31.9 Å². The van der Waals surface area contributed by atoms with Crippen LogP contribution in [0, 0.1) is 55.3 Å². The van der Waals surface area contributed by atoms with E-state index < -0.39 is 11.9 Å². The number of Topliss-reactive ketones (excluding diaryl/α,β-unsaturated/α-hetero) is 1. The molecule has 0 aromatic carbocycles. The molecule has 5 N–H and O–H groups in total. The van der Waals surface area contributed by atoms with Crippen molar-refractivity contribution >= 4 is 41.2 Å². The maximum Gasteiger partial charge on any atom is 0.320 e. The Labute approximate surface area is 389 Å². The van der Waals surface area contributed by atoms with Crippen LogP contribution in [0.3, 0.4) is 0 Å². The summed E-state index contributed by atoms with van der Waals surface area (Å²) < 4.78 is 11.2. The minimum Gasteiger partial charge on any atom is -0.510 e. The lowest BCUT2D eigenvalue weighted by atomic mass is 9.79. The Morgan fingerprint density at radius 3 is 2.23 bits per heavy atom. The van der Waals surface area contributed by atoms with Crippen LogP contribution in [0.4, 0.5) is 0 Å². The quantitative estimate of drug-likeness (QED) is 0.0509. The minimum atomic E-state index is -0.990. The fraction of sp³-hybridized carbons (Fsp3) is 0.655. The topological polar surface area (TPSA) is 146 Å². The highest BCUT2D eigenvalue weighted by atomic mass is 16.5. The van der Waals surface area contributed by atoms with E-state index in [1.54, 1.807) is 6.92 Å². The molecule has 2 aromatic heterocycles. The van der Waals surface area contributed by atoms with E-state index in [1.165, 1.54) is 63.2 Å². The number of ketones is 1. The Hall–Kier alpha value is -4.31. The summed E-state index contributed by atoms with van der Waals surface area (Å²) in [5.74, 6) is 0.729. The van der Waals surface area contributed by atoms with Gasteiger partial charge in [-0.2, -0.15) is 0 Å². The Kier molecular flexibility index (Phi) is 17.0. The normalized spacial score (nSPS) is 25.9. The number of hydrogen-bond donors (Lipinski definition) is 5. The van der Waals surface area contributed by atoms with E-state index in [9.17, 15) is 19.5 Å². The van der Waals surface area contributed by atoms with Crippen LogP contribution in [0.25, 0.3) is 23.5 Å². The highest BCUT2D eigenvalue weighted by Crippen LogP contribution is 2.41. The maximum atomic E-state index is 13.7. The van der Waals surface area contributed by atoms with Gasteiger partial charge in [-0.1, -0.05) is 92.1 Å². The van der Waals surface area contributed by atoms with Crippen molar-refractivity contribution in [2.45, 2.75) is 178 Å². The zero-order valence-corrected chi connectivity index (χ0v) is 41.9. The van der Waals surface area contributed by atoms with E-state index in [2.05, 4.69) is 88.1 Å². The van der Waals surface area contributed by atoms with E-state index in [4.69, 9.17) is 9.47 Å². The first-order valence-electron chi connectivity index (χ1n) is 25.2. The van der Waals surface area contributed by atoms with E-state index in [0.29, 0.717) is 23.6 Å². The molecule has 10 heteroatoms. The number of rotatable bonds is 20. The second kappa shape index (κ2) is 22.0. The highest BCUT2D eigenvalue weighted by Gasteiger charge is 2.48. The lowest BCUT2D eigenvalue weighted by Gasteiger charge is -2.26. The molecule has 6 rings (SSSR count). The summed E-state index contributed by atoms with van der Waals surface area (Å²) in [6.45, 7) is 24.0. The Bertz CT molecular complexity index is 2380. The lowest BCUT2D eigenvalue weighted by molar-refractivity contribution is -0.143. The first kappa shape index (κ1) is 50.1. The average molecular weight is 895 g/mol. The number of fused-ring (bicyclic) bond motifs is 8. The van der Waals surface area contributed by atoms with Gasteiger partial charge in [-0.05, 0) is 130 Å². The van der Waals surface area contributed by atoms with Gasteiger partial charge >= 0.3 is 11.9 Å². The first-order chi connectivity index (χ1) is 30.9. The summed E-state index contributed by atoms with van der Waals surface area (Å²) in [7, 11) is 1.36. The Morgan fingerprint density at radius 2 is 1.58 bits per heavy atom. The number of allylic oxidation sites excluding steroid dienone is 2. The molecular weight excluding hydrogens is 813 g/mol. The van der Waals surface area contributed by atoms with E-state index in [1.807, 2.05) is 19.9 Å². The second-order valence-corrected chi connectivity index (χ2v) is 21.0. The number of carbonyl (C=O) groups excluding carboxylic acids is 3. The van der Waals surface area contributed by atoms with Gasteiger partial charge in [0.15, 0.2) is 5.78 Å². The number of H-pyrrole nitrogens is 2. The summed E-state index contributed by atoms with van der Waals surface area (Å²) in [5, 5.41) is 22.7. The fourth-order valence-electron chi connectivity index (χ4n) is 11.7. The molecule has 1 aliphatic carbocycles. The van der Waals surface area contributed by atoms with Crippen molar-refractivity contribution in [3.8, 4) is 0 Å². The SMILES string of the molecule is CC[C@@H]1C(C)=C2/C=c3\[nH]/c(c(C)c3C(C)=O)=C\C3NC(C4=c5[nH]c(c(C)c5=C(O)[C@@H]4C(=O)OC)CC1N2)[C@@H](CCC(=O)OC/C=C(\C)CCC[C@H](C)CCC[C@H](C)CCCC(C)C)[C@@H]3C. The molecular formula is C55H82N4O6. The van der Waals surface area contributed by atoms with Crippen molar-refractivity contribution in [3.63, 3.8) is 0 Å². The molecule has 4 aliphatic rings. The van der Waals surface area contributed by atoms with Gasteiger partial charge < -0.3 is 35.2 Å². The van der Waals surface area contributed by atoms with E-state index >= 15 is 0 Å². The van der Waals surface area contributed by atoms with Crippen molar-refractivity contribution in [2.24, 2.45) is 41.4 Å². The number of esters is 2. The van der Waals surface area contributed by atoms with Crippen LogP contribution in [0.1, 0.15) is 167 Å². The van der Waals surface area contributed by atoms with Crippen molar-refractivity contribution < 1.29 is 29.0 Å². The van der Waals surface area contributed by atoms with Gasteiger partial charge in [0.2, 0.25) is 0 Å². The smallest absolute Gasteiger partial charge is 0.320 e. The molecule has 1 saturated heterocycles. The highest BCUT2D eigenvalue weighted by molar-refractivity contribution is 5.96. The number of carbonyl (C=O) groups is 3. The number of hydrogen-bond acceptors (Lipinski definition) is 8. The first-order valence-corrected chi connectivity index (χ1v) is 25.2. The molecule has 9 atom stereocenters. The molecule has 3 aliphatic heterocycles. The number of aliphatic hydroxyl groups excluding tert-OH is 1. The molecule has 0 spiro atoms. The maximum absolute atomic E-state index is 13.7. The monoisotopic (exact) mass is 895 g/mol. The van der Waals surface area contributed by atoms with Crippen LogP contribution in [-0.4, -0.2) is 64.6 Å². The number of methoxy groups -OCH3 is 1. The molecule has 8 bridgehead atoms. The molecule has 3 unspecified atom stereocenters. The van der Waals surface area contributed by atoms with Gasteiger partial charge in [0.1, 0.15) is 18.3 Å². The van der Waals surface area contributed by atoms with Gasteiger partial charge in [0.05, 0.1) is 17.8 Å². The number of ether oxygens (including phenoxy) is 2. The molecule has 65 heavy (non-hydrogen) atoms. The summed E-state index contributed by atoms with van der Waals surface area (Å²) in [6, 6.07) is -0.498. The third-order valence-corrected chi connectivity index (χ3v) is 15.8. The molecule has 2 aromatic rings. The van der Waals surface area contributed by atoms with Crippen molar-refractivity contribution in [2.75, 3.05) is 13.7 Å². The molecule has 0 radical (unpaired) electrons. The van der Waals surface area contributed by atoms with Gasteiger partial charge in [-0.25, -0.2) is 0 Å². The number of aromatic nitrogens is 2. The van der Waals surface area contributed by atoms with Crippen molar-refractivity contribution in [1.29, 1.82) is 0 Å². The predicted molar refractivity (Wildman–Crippen MR) is 263 cm³/mol. The summed E-state index contributed by atoms with van der Waals surface area (Å²) in [6.07, 6.45) is 20.0. The zero-order valence-electron chi connectivity index (χ0n) is 41.9. The average Bonchev–Trinajstić information content (AvgIpc) is 4.00. The molecule has 1 fully saturated rings. The van der Waals surface area contributed by atoms with Gasteiger partial charge in [0, 0.05) is 64.4 Å². The van der Waals surface area contributed by atoms with Crippen molar-refractivity contribution in [3.05, 3.63) is 66.6 Å². The molecule has 0 amide bonds. The van der Waals surface area contributed by atoms with Crippen LogP contribution in [0.15, 0.2) is 22.9 Å². The fourth-order valence-corrected chi connectivity index (χ4v) is 11.7. The number of aromatic amines is 2. The van der Waals surface area contributed by atoms with E-state index in [-0.39, 0.29) is 66.4 Å². The van der Waals surface area contributed by atoms with Crippen LogP contribution >= 0.6 is 0 Å². The summed E-state index contributed by atoms with van der Waals surface area (Å²) in [5.41, 5.74) is 7.74. The zero-order chi connectivity index (χ0) is 47.3. The van der Waals surface area contributed by atoms with Crippen molar-refractivity contribution in [1.82, 2.24) is 20.6 Å². The Morgan fingerprint density at radius 1 is 0.908 bits per heavy atom. The standard InChI is InChI=1S/C55H82N4O6/c1-13-39-34(7)41-29-46-48(38(11)60)36(9)43(57-46)27-42-35(8)40(52(58-42)50-51(55(63)64-12)54(62)49-37(10)44(59-53(49)50)28-45(39)56-41)23-24-47(61)65-26-25-33(6)22-16-21-32(5)20-15-19-31(4)18-14-17-30(2)3/h25,27,29-32,35,39-40,42,45,51-52,56-59,62H,13-24,26,28H2,1-12H3/b33-25+,43-27-,46-29-/t31-,32-,35+,39-,40+,42?,45?,51-,52?/m1/s1. The van der Waals surface area contributed by atoms with E-state index in [0.717, 1.165) is 81.2 Å². The second-order valence-electron chi connectivity index (χ2n) is 21.0. The Balaban J connectivity index is 1.20. The van der Waals surface area contributed by atoms with Gasteiger partial charge in [-0.3, -0.25) is 14.4 Å². The molecule has 0 saturated carbocycles. The van der Waals surface area contributed by atoms with Crippen LogP contribution in [-0.2, 0) is 25.5 Å². The molecule has 10 nitrogen and oxygen atoms in total. The largest absolute Gasteiger partial charge is 0.510 e. The van der Waals surface area contributed by atoms with Crippen LogP contribution in [0.2, 0.25) is 0 Å². The van der Waals surface area contributed by atoms with Crippen LogP contribution in [0.5, 0.6) is 0 Å². The predicted octanol–water partition coefficient (Wildman–Crippen LogP) is 8.17. The minimum absolute atomic E-state index is 0.00229. The van der Waals surface area contributed by atoms with Gasteiger partial charge in [0.25, 0.3) is 0 Å². The van der Waals surface area contributed by atoms with Gasteiger partial charge in [-0.15, -0.1) is 0 Å². The summed E-state index contributed by atoms with van der Waals surface area (Å²) in [4.78, 5) is 47.8. The summed E-state index contributed by atoms with van der Waals surface area (Å²) >= 11 is 0. The third kappa shape index (κ3) is 11.3. The number of aliphatic hydroxyl groups is 1. The molecule has 358 valence electrons. The molecule has 5 heterocycles.